The van der Waals surface area contributed by atoms with E-state index < -0.39 is 12.0 Å². The van der Waals surface area contributed by atoms with Gasteiger partial charge in [-0.05, 0) is 37.0 Å². The zero-order valence-corrected chi connectivity index (χ0v) is 13.8. The molecule has 0 radical (unpaired) electrons. The number of hydrogen-bond acceptors (Lipinski definition) is 4. The van der Waals surface area contributed by atoms with Crippen LogP contribution in [0.4, 0.5) is 0 Å². The van der Waals surface area contributed by atoms with Crippen molar-refractivity contribution >= 4 is 5.97 Å². The van der Waals surface area contributed by atoms with Crippen molar-refractivity contribution in [2.75, 3.05) is 13.2 Å². The van der Waals surface area contributed by atoms with Crippen LogP contribution in [0.2, 0.25) is 0 Å². The normalized spacial score (nSPS) is 18.7. The minimum absolute atomic E-state index is 0.214. The van der Waals surface area contributed by atoms with Crippen LogP contribution in [-0.4, -0.2) is 36.4 Å². The average Bonchev–Trinajstić information content (AvgIpc) is 3.07. The maximum absolute atomic E-state index is 11.2. The lowest BCUT2D eigenvalue weighted by atomic mass is 10.1. The average molecular weight is 321 g/mol. The summed E-state index contributed by atoms with van der Waals surface area (Å²) in [6.07, 6.45) is 4.97. The predicted molar refractivity (Wildman–Crippen MR) is 88.7 cm³/mol. The summed E-state index contributed by atoms with van der Waals surface area (Å²) in [4.78, 5) is 11.2. The Morgan fingerprint density at radius 3 is 2.83 bits per heavy atom. The van der Waals surface area contributed by atoms with Crippen LogP contribution >= 0.6 is 0 Å². The lowest BCUT2D eigenvalue weighted by Gasteiger charge is -2.15. The second kappa shape index (κ2) is 9.53. The van der Waals surface area contributed by atoms with Gasteiger partial charge in [-0.2, -0.15) is 0 Å². The number of aliphatic carboxylic acids is 1. The maximum Gasteiger partial charge on any atom is 0.320 e. The highest BCUT2D eigenvalue weighted by molar-refractivity contribution is 5.73. The summed E-state index contributed by atoms with van der Waals surface area (Å²) in [5.41, 5.74) is 1.05. The van der Waals surface area contributed by atoms with Crippen molar-refractivity contribution in [3.8, 4) is 5.75 Å². The van der Waals surface area contributed by atoms with Gasteiger partial charge >= 0.3 is 5.97 Å². The lowest BCUT2D eigenvalue weighted by molar-refractivity contribution is -0.139. The quantitative estimate of drug-likeness (QED) is 0.693. The molecule has 1 saturated heterocycles. The predicted octanol–water partition coefficient (Wildman–Crippen LogP) is 2.98. The molecular formula is C18H27NO4. The van der Waals surface area contributed by atoms with E-state index in [9.17, 15) is 9.90 Å². The Labute approximate surface area is 138 Å². The molecule has 128 valence electrons. The number of ether oxygens (including phenoxy) is 2. The molecule has 23 heavy (non-hydrogen) atoms. The fraction of sp³-hybridized carbons (Fsp3) is 0.611. The number of nitrogens with one attached hydrogen (secondary N) is 1. The molecule has 0 aliphatic carbocycles. The second-order valence-electron chi connectivity index (χ2n) is 6.00. The summed E-state index contributed by atoms with van der Waals surface area (Å²) in [7, 11) is 0. The van der Waals surface area contributed by atoms with Gasteiger partial charge in [0.15, 0.2) is 0 Å². The van der Waals surface area contributed by atoms with Crippen molar-refractivity contribution in [3.63, 3.8) is 0 Å². The van der Waals surface area contributed by atoms with Crippen LogP contribution < -0.4 is 10.1 Å². The molecule has 2 unspecified atom stereocenters. The van der Waals surface area contributed by atoms with Gasteiger partial charge in [-0.15, -0.1) is 0 Å². The highest BCUT2D eigenvalue weighted by Gasteiger charge is 2.17. The molecule has 0 spiro atoms. The fourth-order valence-electron chi connectivity index (χ4n) is 2.63. The molecule has 0 saturated carbocycles. The van der Waals surface area contributed by atoms with Gasteiger partial charge in [0.05, 0.1) is 6.10 Å². The van der Waals surface area contributed by atoms with Crippen molar-refractivity contribution in [1.29, 1.82) is 0 Å². The summed E-state index contributed by atoms with van der Waals surface area (Å²) in [6.45, 7) is 4.04. The number of unbranched alkanes of at least 4 members (excludes halogenated alkanes) is 1. The third-order valence-corrected chi connectivity index (χ3v) is 4.08. The number of hydrogen-bond donors (Lipinski definition) is 2. The molecule has 5 heteroatoms. The minimum Gasteiger partial charge on any atom is -0.491 e. The minimum atomic E-state index is -0.782. The third kappa shape index (κ3) is 6.20. The first kappa shape index (κ1) is 17.8. The van der Waals surface area contributed by atoms with Crippen LogP contribution in [0.25, 0.3) is 0 Å². The maximum atomic E-state index is 11.2. The van der Waals surface area contributed by atoms with Gasteiger partial charge in [-0.1, -0.05) is 31.9 Å². The van der Waals surface area contributed by atoms with E-state index in [0.717, 1.165) is 43.6 Å². The first-order valence-corrected chi connectivity index (χ1v) is 8.48. The molecule has 1 aliphatic rings. The summed E-state index contributed by atoms with van der Waals surface area (Å²) >= 11 is 0. The molecule has 1 aliphatic heterocycles. The zero-order chi connectivity index (χ0) is 16.5. The van der Waals surface area contributed by atoms with Gasteiger partial charge in [0.25, 0.3) is 0 Å². The lowest BCUT2D eigenvalue weighted by Crippen LogP contribution is -2.36. The SMILES string of the molecule is CCCCC(NCc1ccc(OCC2CCCO2)cc1)C(=O)O. The zero-order valence-electron chi connectivity index (χ0n) is 13.8. The molecule has 0 amide bonds. The van der Waals surface area contributed by atoms with Crippen molar-refractivity contribution in [3.05, 3.63) is 29.8 Å². The van der Waals surface area contributed by atoms with Crippen molar-refractivity contribution in [2.24, 2.45) is 0 Å². The Morgan fingerprint density at radius 2 is 2.22 bits per heavy atom. The van der Waals surface area contributed by atoms with E-state index in [1.54, 1.807) is 0 Å². The largest absolute Gasteiger partial charge is 0.491 e. The van der Waals surface area contributed by atoms with Crippen molar-refractivity contribution < 1.29 is 19.4 Å². The first-order valence-electron chi connectivity index (χ1n) is 8.48. The summed E-state index contributed by atoms with van der Waals surface area (Å²) in [5, 5.41) is 12.3. The Hall–Kier alpha value is -1.59. The number of carbonyl (C=O) groups is 1. The Bertz CT molecular complexity index is 468. The van der Waals surface area contributed by atoms with E-state index in [1.165, 1.54) is 0 Å². The van der Waals surface area contributed by atoms with Gasteiger partial charge in [0, 0.05) is 13.2 Å². The van der Waals surface area contributed by atoms with Crippen LogP contribution in [0.3, 0.4) is 0 Å². The van der Waals surface area contributed by atoms with Crippen molar-refractivity contribution in [2.45, 2.75) is 57.7 Å². The van der Waals surface area contributed by atoms with Gasteiger partial charge in [-0.25, -0.2) is 0 Å². The van der Waals surface area contributed by atoms with Gasteiger partial charge < -0.3 is 19.9 Å². The van der Waals surface area contributed by atoms with E-state index in [2.05, 4.69) is 12.2 Å². The Morgan fingerprint density at radius 1 is 1.43 bits per heavy atom. The van der Waals surface area contributed by atoms with Gasteiger partial charge in [-0.3, -0.25) is 4.79 Å². The molecule has 0 aromatic heterocycles. The van der Waals surface area contributed by atoms with Gasteiger partial charge in [0.1, 0.15) is 18.4 Å². The Balaban J connectivity index is 1.75. The highest BCUT2D eigenvalue weighted by Crippen LogP contribution is 2.16. The smallest absolute Gasteiger partial charge is 0.320 e. The van der Waals surface area contributed by atoms with Crippen LogP contribution in [0.15, 0.2) is 24.3 Å². The van der Waals surface area contributed by atoms with E-state index in [1.807, 2.05) is 24.3 Å². The molecular weight excluding hydrogens is 294 g/mol. The molecule has 0 bridgehead atoms. The molecule has 2 N–H and O–H groups in total. The Kier molecular flexibility index (Phi) is 7.36. The molecule has 1 fully saturated rings. The topological polar surface area (TPSA) is 67.8 Å². The molecule has 2 rings (SSSR count). The van der Waals surface area contributed by atoms with E-state index >= 15 is 0 Å². The molecule has 5 nitrogen and oxygen atoms in total. The van der Waals surface area contributed by atoms with Crippen LogP contribution in [0.1, 0.15) is 44.6 Å². The number of rotatable bonds is 10. The number of benzene rings is 1. The monoisotopic (exact) mass is 321 g/mol. The number of carboxylic acids is 1. The first-order chi connectivity index (χ1) is 11.2. The fourth-order valence-corrected chi connectivity index (χ4v) is 2.63. The van der Waals surface area contributed by atoms with Crippen LogP contribution in [0.5, 0.6) is 5.75 Å². The highest BCUT2D eigenvalue weighted by atomic mass is 16.5. The summed E-state index contributed by atoms with van der Waals surface area (Å²) in [5.74, 6) is 0.0417. The standard InChI is InChI=1S/C18H27NO4/c1-2-3-6-17(18(20)21)19-12-14-7-9-15(10-8-14)23-13-16-5-4-11-22-16/h7-10,16-17,19H,2-6,11-13H2,1H3,(H,20,21). The number of carboxylic acid groups (broad SMARTS) is 1. The molecule has 2 atom stereocenters. The van der Waals surface area contributed by atoms with Crippen LogP contribution in [-0.2, 0) is 16.1 Å². The third-order valence-electron chi connectivity index (χ3n) is 4.08. The van der Waals surface area contributed by atoms with E-state index in [0.29, 0.717) is 19.6 Å². The van der Waals surface area contributed by atoms with Crippen molar-refractivity contribution in [1.82, 2.24) is 5.32 Å². The van der Waals surface area contributed by atoms with E-state index in [-0.39, 0.29) is 6.10 Å². The molecule has 1 aromatic rings. The molecule has 1 heterocycles. The summed E-state index contributed by atoms with van der Waals surface area (Å²) in [6, 6.07) is 7.31. The van der Waals surface area contributed by atoms with Gasteiger partial charge in [0.2, 0.25) is 0 Å². The second-order valence-corrected chi connectivity index (χ2v) is 6.00. The molecule has 1 aromatic carbocycles. The van der Waals surface area contributed by atoms with E-state index in [4.69, 9.17) is 9.47 Å². The van der Waals surface area contributed by atoms with Crippen LogP contribution in [0, 0.1) is 0 Å². The summed E-state index contributed by atoms with van der Waals surface area (Å²) < 4.78 is 11.2.